The van der Waals surface area contributed by atoms with Gasteiger partial charge in [-0.3, -0.25) is 4.79 Å². The molecule has 2 saturated heterocycles. The maximum absolute atomic E-state index is 12.5. The molecule has 1 spiro atoms. The van der Waals surface area contributed by atoms with E-state index in [9.17, 15) is 4.79 Å². The number of hydrogen-bond donors (Lipinski definition) is 1. The molecule has 1 aromatic carbocycles. The van der Waals surface area contributed by atoms with E-state index in [4.69, 9.17) is 0 Å². The minimum atomic E-state index is 0. The molecule has 2 fully saturated rings. The van der Waals surface area contributed by atoms with E-state index in [1.54, 1.807) is 0 Å². The lowest BCUT2D eigenvalue weighted by atomic mass is 9.78. The molecule has 0 aliphatic carbocycles. The van der Waals surface area contributed by atoms with Crippen molar-refractivity contribution in [3.8, 4) is 0 Å². The second-order valence-electron chi connectivity index (χ2n) is 7.24. The normalized spacial score (nSPS) is 19.7. The van der Waals surface area contributed by atoms with Gasteiger partial charge in [0.15, 0.2) is 0 Å². The van der Waals surface area contributed by atoms with E-state index in [0.29, 0.717) is 17.7 Å². The summed E-state index contributed by atoms with van der Waals surface area (Å²) in [5.74, 6) is 0.334. The van der Waals surface area contributed by atoms with Crippen LogP contribution < -0.4 is 5.32 Å². The number of aryl methyl sites for hydroxylation is 3. The van der Waals surface area contributed by atoms with Gasteiger partial charge in [0, 0.05) is 26.1 Å². The highest BCUT2D eigenvalue weighted by Crippen LogP contribution is 2.37. The standard InChI is InChI=1S/C19H28N2O.ClH/c1-15-3-4-17(16(2)13-15)5-6-18(22)21-11-8-19(9-12-21)7-10-20-14-19;/h3-4,13,20H,5-12,14H2,1-2H3;1H. The highest BCUT2D eigenvalue weighted by Gasteiger charge is 2.37. The zero-order valence-electron chi connectivity index (χ0n) is 14.4. The first-order chi connectivity index (χ1) is 10.6. The zero-order valence-corrected chi connectivity index (χ0v) is 15.2. The molecule has 0 atom stereocenters. The van der Waals surface area contributed by atoms with Crippen LogP contribution in [0.2, 0.25) is 0 Å². The fourth-order valence-electron chi connectivity index (χ4n) is 3.98. The van der Waals surface area contributed by atoms with Gasteiger partial charge >= 0.3 is 0 Å². The molecule has 2 heterocycles. The molecule has 2 aliphatic heterocycles. The summed E-state index contributed by atoms with van der Waals surface area (Å²) in [5, 5.41) is 3.48. The number of benzene rings is 1. The number of rotatable bonds is 3. The first-order valence-electron chi connectivity index (χ1n) is 8.63. The molecular weight excluding hydrogens is 308 g/mol. The van der Waals surface area contributed by atoms with Crippen LogP contribution in [-0.4, -0.2) is 37.0 Å². The average Bonchev–Trinajstić information content (AvgIpc) is 2.95. The molecule has 0 unspecified atom stereocenters. The summed E-state index contributed by atoms with van der Waals surface area (Å²) in [7, 11) is 0. The smallest absolute Gasteiger partial charge is 0.222 e. The van der Waals surface area contributed by atoms with Crippen molar-refractivity contribution in [2.45, 2.75) is 46.0 Å². The van der Waals surface area contributed by atoms with Crippen molar-refractivity contribution in [1.82, 2.24) is 10.2 Å². The second kappa shape index (κ2) is 7.67. The van der Waals surface area contributed by atoms with Crippen LogP contribution in [0.25, 0.3) is 0 Å². The fourth-order valence-corrected chi connectivity index (χ4v) is 3.98. The molecule has 23 heavy (non-hydrogen) atoms. The number of hydrogen-bond acceptors (Lipinski definition) is 2. The summed E-state index contributed by atoms with van der Waals surface area (Å²) in [4.78, 5) is 14.6. The number of carbonyl (C=O) groups excluding carboxylic acids is 1. The Bertz CT molecular complexity index is 542. The molecule has 0 saturated carbocycles. The zero-order chi connectivity index (χ0) is 15.6. The second-order valence-corrected chi connectivity index (χ2v) is 7.24. The highest BCUT2D eigenvalue weighted by molar-refractivity contribution is 5.85. The van der Waals surface area contributed by atoms with E-state index in [0.717, 1.165) is 32.6 Å². The number of amides is 1. The molecule has 1 N–H and O–H groups in total. The van der Waals surface area contributed by atoms with Gasteiger partial charge in [-0.25, -0.2) is 0 Å². The molecule has 1 amide bonds. The minimum Gasteiger partial charge on any atom is -0.343 e. The van der Waals surface area contributed by atoms with Crippen LogP contribution in [0.1, 0.15) is 42.4 Å². The van der Waals surface area contributed by atoms with E-state index < -0.39 is 0 Å². The number of nitrogens with zero attached hydrogens (tertiary/aromatic N) is 1. The van der Waals surface area contributed by atoms with Gasteiger partial charge in [-0.2, -0.15) is 0 Å². The van der Waals surface area contributed by atoms with Gasteiger partial charge in [0.05, 0.1) is 0 Å². The van der Waals surface area contributed by atoms with Crippen LogP contribution in [0.4, 0.5) is 0 Å². The Balaban J connectivity index is 0.00000192. The van der Waals surface area contributed by atoms with Gasteiger partial charge in [-0.1, -0.05) is 23.8 Å². The third-order valence-electron chi connectivity index (χ3n) is 5.62. The van der Waals surface area contributed by atoms with Gasteiger partial charge in [0.1, 0.15) is 0 Å². The van der Waals surface area contributed by atoms with E-state index in [1.807, 2.05) is 0 Å². The quantitative estimate of drug-likeness (QED) is 0.918. The monoisotopic (exact) mass is 336 g/mol. The lowest BCUT2D eigenvalue weighted by molar-refractivity contribution is -0.133. The molecule has 2 aliphatic rings. The van der Waals surface area contributed by atoms with Crippen LogP contribution in [0.3, 0.4) is 0 Å². The van der Waals surface area contributed by atoms with Crippen molar-refractivity contribution in [1.29, 1.82) is 0 Å². The van der Waals surface area contributed by atoms with Crippen molar-refractivity contribution in [2.75, 3.05) is 26.2 Å². The first-order valence-corrected chi connectivity index (χ1v) is 8.63. The van der Waals surface area contributed by atoms with E-state index in [2.05, 4.69) is 42.3 Å². The van der Waals surface area contributed by atoms with Crippen LogP contribution in [-0.2, 0) is 11.2 Å². The molecule has 0 aromatic heterocycles. The Hall–Kier alpha value is -1.06. The predicted molar refractivity (Wildman–Crippen MR) is 97.2 cm³/mol. The van der Waals surface area contributed by atoms with Crippen molar-refractivity contribution in [3.63, 3.8) is 0 Å². The van der Waals surface area contributed by atoms with Crippen LogP contribution in [0.5, 0.6) is 0 Å². The molecule has 3 rings (SSSR count). The fraction of sp³-hybridized carbons (Fsp3) is 0.632. The summed E-state index contributed by atoms with van der Waals surface area (Å²) in [6.45, 7) is 8.47. The Morgan fingerprint density at radius 3 is 2.57 bits per heavy atom. The number of halogens is 1. The molecular formula is C19H29ClN2O. The summed E-state index contributed by atoms with van der Waals surface area (Å²) in [6.07, 6.45) is 5.16. The summed E-state index contributed by atoms with van der Waals surface area (Å²) in [6, 6.07) is 6.52. The molecule has 4 heteroatoms. The maximum atomic E-state index is 12.5. The Labute approximate surface area is 146 Å². The maximum Gasteiger partial charge on any atom is 0.222 e. The first kappa shape index (κ1) is 18.3. The van der Waals surface area contributed by atoms with Crippen molar-refractivity contribution in [2.24, 2.45) is 5.41 Å². The predicted octanol–water partition coefficient (Wildman–Crippen LogP) is 3.26. The van der Waals surface area contributed by atoms with Gasteiger partial charge in [0.2, 0.25) is 5.91 Å². The minimum absolute atomic E-state index is 0. The number of carbonyl (C=O) groups is 1. The summed E-state index contributed by atoms with van der Waals surface area (Å²) < 4.78 is 0. The van der Waals surface area contributed by atoms with Gasteiger partial charge in [0.25, 0.3) is 0 Å². The van der Waals surface area contributed by atoms with E-state index in [1.165, 1.54) is 36.0 Å². The molecule has 3 nitrogen and oxygen atoms in total. The molecule has 0 bridgehead atoms. The Morgan fingerprint density at radius 2 is 1.96 bits per heavy atom. The Morgan fingerprint density at radius 1 is 1.22 bits per heavy atom. The van der Waals surface area contributed by atoms with Gasteiger partial charge < -0.3 is 10.2 Å². The van der Waals surface area contributed by atoms with Crippen LogP contribution >= 0.6 is 12.4 Å². The van der Waals surface area contributed by atoms with Crippen LogP contribution in [0.15, 0.2) is 18.2 Å². The number of nitrogens with one attached hydrogen (secondary N) is 1. The van der Waals surface area contributed by atoms with Crippen LogP contribution in [0, 0.1) is 19.3 Å². The van der Waals surface area contributed by atoms with Crippen molar-refractivity contribution in [3.05, 3.63) is 34.9 Å². The van der Waals surface area contributed by atoms with E-state index >= 15 is 0 Å². The topological polar surface area (TPSA) is 32.3 Å². The molecule has 1 aromatic rings. The van der Waals surface area contributed by atoms with Crippen molar-refractivity contribution < 1.29 is 4.79 Å². The summed E-state index contributed by atoms with van der Waals surface area (Å²) >= 11 is 0. The summed E-state index contributed by atoms with van der Waals surface area (Å²) in [5.41, 5.74) is 4.40. The molecule has 0 radical (unpaired) electrons. The number of likely N-dealkylation sites (tertiary alicyclic amines) is 1. The van der Waals surface area contributed by atoms with Gasteiger partial charge in [-0.15, -0.1) is 12.4 Å². The lowest BCUT2D eigenvalue weighted by Gasteiger charge is -2.39. The SMILES string of the molecule is Cc1ccc(CCC(=O)N2CCC3(CCNC3)CC2)c(C)c1.Cl. The van der Waals surface area contributed by atoms with E-state index in [-0.39, 0.29) is 12.4 Å². The highest BCUT2D eigenvalue weighted by atomic mass is 35.5. The average molecular weight is 337 g/mol. The lowest BCUT2D eigenvalue weighted by Crippen LogP contribution is -2.44. The number of piperidine rings is 1. The third kappa shape index (κ3) is 4.27. The van der Waals surface area contributed by atoms with Crippen molar-refractivity contribution >= 4 is 18.3 Å². The third-order valence-corrected chi connectivity index (χ3v) is 5.62. The van der Waals surface area contributed by atoms with Gasteiger partial charge in [-0.05, 0) is 62.6 Å². The molecule has 128 valence electrons. The Kier molecular flexibility index (Phi) is 6.10. The largest absolute Gasteiger partial charge is 0.343 e.